The van der Waals surface area contributed by atoms with Crippen molar-refractivity contribution in [1.82, 2.24) is 0 Å². The summed E-state index contributed by atoms with van der Waals surface area (Å²) in [5.41, 5.74) is -2.09. The fourth-order valence-electron chi connectivity index (χ4n) is 0. The molecule has 0 saturated heterocycles. The summed E-state index contributed by atoms with van der Waals surface area (Å²) in [5.74, 6) is 0. The number of hydrogen-bond donors (Lipinski definition) is 3. The van der Waals surface area contributed by atoms with Crippen molar-refractivity contribution < 1.29 is 148 Å². The van der Waals surface area contributed by atoms with Crippen LogP contribution in [0, 0.1) is 0 Å². The van der Waals surface area contributed by atoms with E-state index in [0.717, 1.165) is 0 Å². The summed E-state index contributed by atoms with van der Waals surface area (Å²) < 4.78 is 9.43. The molecule has 3 N–H and O–H groups in total. The molecule has 0 unspecified atom stereocenters. The fraction of sp³-hybridized carbons (Fsp3) is 0. The molecule has 0 bridgehead atoms. The summed E-state index contributed by atoms with van der Waals surface area (Å²) >= 11 is 0. The molecular formula is CH7Na4O5P. The molecule has 0 aliphatic carbocycles. The number of hydrogen-bond acceptors (Lipinski definition) is 2. The minimum absolute atomic E-state index is 0. The molecule has 5 nitrogen and oxygen atoms in total. The Morgan fingerprint density at radius 1 is 1.09 bits per heavy atom. The van der Waals surface area contributed by atoms with E-state index in [4.69, 9.17) is 14.9 Å². The topological polar surface area (TPSA) is 94.8 Å². The maximum atomic E-state index is 9.43. The van der Waals surface area contributed by atoms with Gasteiger partial charge in [-0.25, -0.2) is 9.36 Å². The number of rotatable bonds is 1. The van der Waals surface area contributed by atoms with Gasteiger partial charge in [0, 0.05) is 0 Å². The first-order valence-corrected chi connectivity index (χ1v) is 2.85. The monoisotopic (exact) mass is 222 g/mol. The third kappa shape index (κ3) is 19.9. The maximum Gasteiger partial charge on any atom is 1.00 e. The van der Waals surface area contributed by atoms with E-state index in [-0.39, 0.29) is 124 Å². The van der Waals surface area contributed by atoms with Crippen molar-refractivity contribution in [3.63, 3.8) is 0 Å². The summed E-state index contributed by atoms with van der Waals surface area (Å²) in [7, 11) is -4.82. The molecule has 0 aliphatic heterocycles. The molecule has 0 aromatic rings. The predicted octanol–water partition coefficient (Wildman–Crippen LogP) is -11.7. The van der Waals surface area contributed by atoms with E-state index < -0.39 is 13.3 Å². The van der Waals surface area contributed by atoms with Gasteiger partial charge < -0.3 is 20.6 Å². The second-order valence-electron chi connectivity index (χ2n) is 0.827. The van der Waals surface area contributed by atoms with Crippen molar-refractivity contribution in [2.75, 3.05) is 0 Å². The van der Waals surface area contributed by atoms with Gasteiger partial charge in [-0.2, -0.15) is 0 Å². The Hall–Kier alpha value is 3.62. The molecule has 0 fully saturated rings. The summed E-state index contributed by atoms with van der Waals surface area (Å²) in [4.78, 5) is 24.5. The van der Waals surface area contributed by atoms with Gasteiger partial charge in [-0.3, -0.25) is 0 Å². The van der Waals surface area contributed by atoms with Gasteiger partial charge in [0.25, 0.3) is 0 Å². The van der Waals surface area contributed by atoms with Gasteiger partial charge >= 0.3 is 132 Å². The summed E-state index contributed by atoms with van der Waals surface area (Å²) in [6, 6.07) is 0. The van der Waals surface area contributed by atoms with E-state index in [1.54, 1.807) is 0 Å². The zero-order valence-electron chi connectivity index (χ0n) is 11.1. The Morgan fingerprint density at radius 3 is 1.18 bits per heavy atom. The molecule has 0 heterocycles. The third-order valence-corrected chi connectivity index (χ3v) is 0.748. The summed E-state index contributed by atoms with van der Waals surface area (Å²) in [6.45, 7) is 0. The first-order valence-electron chi connectivity index (χ1n) is 1.23. The average Bonchev–Trinajstić information content (AvgIpc) is 1.31. The van der Waals surface area contributed by atoms with Gasteiger partial charge in [0.15, 0.2) is 0 Å². The molecule has 0 aromatic carbocycles. The van der Waals surface area contributed by atoms with Crippen molar-refractivity contribution >= 4 is 13.3 Å². The molecule has 0 aromatic heterocycles. The minimum Gasteiger partial charge on any atom is -1.00 e. The number of carbonyl (C=O) groups is 1. The van der Waals surface area contributed by atoms with Gasteiger partial charge in [-0.15, -0.1) is 0 Å². The van der Waals surface area contributed by atoms with Crippen molar-refractivity contribution in [3.8, 4) is 0 Å². The van der Waals surface area contributed by atoms with Crippen LogP contribution in [0.5, 0.6) is 0 Å². The Bertz CT molecular complexity index is 143. The molecule has 0 amide bonds. The molecule has 10 heteroatoms. The zero-order chi connectivity index (χ0) is 6.08. The fourth-order valence-corrected chi connectivity index (χ4v) is 0. The van der Waals surface area contributed by atoms with Gasteiger partial charge in [-0.1, -0.05) is 0 Å². The van der Waals surface area contributed by atoms with Crippen molar-refractivity contribution in [3.05, 3.63) is 0 Å². The quantitative estimate of drug-likeness (QED) is 0.302. The zero-order valence-corrected chi connectivity index (χ0v) is 16.0. The largest absolute Gasteiger partial charge is 1.00 e. The van der Waals surface area contributed by atoms with Crippen LogP contribution in [0.2, 0.25) is 0 Å². The normalized spacial score (nSPS) is 7.09. The van der Waals surface area contributed by atoms with Crippen LogP contribution < -0.4 is 118 Å². The van der Waals surface area contributed by atoms with E-state index in [0.29, 0.717) is 0 Å². The SMILES string of the molecule is O=C(O)P(=O)(O)O.[H-].[H-].[H-].[H-].[Na+].[Na+].[Na+].[Na+]. The summed E-state index contributed by atoms with van der Waals surface area (Å²) in [6.07, 6.45) is 0. The van der Waals surface area contributed by atoms with Crippen LogP contribution in [0.1, 0.15) is 5.71 Å². The third-order valence-electron chi connectivity index (χ3n) is 0.249. The van der Waals surface area contributed by atoms with Crippen LogP contribution in [0.3, 0.4) is 0 Å². The van der Waals surface area contributed by atoms with E-state index in [9.17, 15) is 9.36 Å². The molecule has 0 radical (unpaired) electrons. The minimum atomic E-state index is -4.82. The van der Waals surface area contributed by atoms with Gasteiger partial charge in [-0.05, 0) is 0 Å². The average molecular weight is 222 g/mol. The van der Waals surface area contributed by atoms with Crippen LogP contribution >= 0.6 is 7.60 Å². The van der Waals surface area contributed by atoms with E-state index in [1.165, 1.54) is 0 Å². The molecule has 0 saturated carbocycles. The molecular weight excluding hydrogens is 215 g/mol. The van der Waals surface area contributed by atoms with Gasteiger partial charge in [0.05, 0.1) is 0 Å². The van der Waals surface area contributed by atoms with E-state index in [2.05, 4.69) is 0 Å². The Kier molecular flexibility index (Phi) is 36.3. The molecule has 11 heavy (non-hydrogen) atoms. The van der Waals surface area contributed by atoms with Gasteiger partial charge in [0.2, 0.25) is 0 Å². The van der Waals surface area contributed by atoms with Crippen LogP contribution in [0.4, 0.5) is 4.79 Å². The first kappa shape index (κ1) is 29.3. The first-order chi connectivity index (χ1) is 2.94. The van der Waals surface area contributed by atoms with Crippen LogP contribution in [0.25, 0.3) is 0 Å². The summed E-state index contributed by atoms with van der Waals surface area (Å²) in [5, 5.41) is 7.49. The smallest absolute Gasteiger partial charge is 1.00 e. The molecule has 0 atom stereocenters. The Balaban J connectivity index is -0.00000000643. The van der Waals surface area contributed by atoms with Crippen LogP contribution in [-0.4, -0.2) is 20.6 Å². The maximum absolute atomic E-state index is 9.43. The van der Waals surface area contributed by atoms with Crippen molar-refractivity contribution in [1.29, 1.82) is 0 Å². The van der Waals surface area contributed by atoms with E-state index >= 15 is 0 Å². The second kappa shape index (κ2) is 13.6. The number of carboxylic acid groups (broad SMARTS) is 1. The van der Waals surface area contributed by atoms with Gasteiger partial charge in [0.1, 0.15) is 0 Å². The Morgan fingerprint density at radius 2 is 1.18 bits per heavy atom. The van der Waals surface area contributed by atoms with Crippen molar-refractivity contribution in [2.45, 2.75) is 0 Å². The predicted molar refractivity (Wildman–Crippen MR) is 24.5 cm³/mol. The Labute approximate surface area is 158 Å². The molecule has 0 aliphatic rings. The molecule has 50 valence electrons. The van der Waals surface area contributed by atoms with Crippen LogP contribution in [-0.2, 0) is 4.57 Å². The molecule has 0 spiro atoms. The van der Waals surface area contributed by atoms with Crippen molar-refractivity contribution in [2.24, 2.45) is 0 Å². The van der Waals surface area contributed by atoms with E-state index in [1.807, 2.05) is 0 Å². The second-order valence-corrected chi connectivity index (χ2v) is 2.30. The standard InChI is InChI=1S/CH3O5P.4Na.4H/c2-1(3)7(4,5)6;;;;;;;;/h(H,2,3)(H2,4,5,6);;;;;;;;/q;4*+1;4*-1. The van der Waals surface area contributed by atoms with Crippen LogP contribution in [0.15, 0.2) is 0 Å². The molecule has 0 rings (SSSR count).